The number of aryl methyl sites for hydroxylation is 2. The lowest BCUT2D eigenvalue weighted by atomic mass is 9.74. The summed E-state index contributed by atoms with van der Waals surface area (Å²) in [4.78, 5) is 4.94. The van der Waals surface area contributed by atoms with Gasteiger partial charge in [0.05, 0.1) is 5.69 Å². The molecular weight excluding hydrogens is 378 g/mol. The summed E-state index contributed by atoms with van der Waals surface area (Å²) in [6, 6.07) is 26.2. The van der Waals surface area contributed by atoms with E-state index in [1.807, 2.05) is 73.0 Å². The van der Waals surface area contributed by atoms with Crippen LogP contribution in [0.2, 0.25) is 0 Å². The molecule has 0 aromatic heterocycles. The Labute approximate surface area is 185 Å². The summed E-state index contributed by atoms with van der Waals surface area (Å²) in [6.45, 7) is 4.33. The third-order valence-electron chi connectivity index (χ3n) is 6.14. The molecule has 1 N–H and O–H groups in total. The van der Waals surface area contributed by atoms with Gasteiger partial charge in [0.25, 0.3) is 0 Å². The fraction of sp³-hybridized carbons (Fsp3) is 0.207. The van der Waals surface area contributed by atoms with Gasteiger partial charge in [0.2, 0.25) is 0 Å². The Morgan fingerprint density at radius 1 is 0.806 bits per heavy atom. The summed E-state index contributed by atoms with van der Waals surface area (Å²) >= 11 is 0. The molecule has 3 aromatic rings. The van der Waals surface area contributed by atoms with Crippen molar-refractivity contribution in [2.45, 2.75) is 32.3 Å². The Morgan fingerprint density at radius 2 is 1.35 bits per heavy atom. The average molecular weight is 408 g/mol. The summed E-state index contributed by atoms with van der Waals surface area (Å²) in [5.74, 6) is -0.222. The maximum absolute atomic E-state index is 12.2. The van der Waals surface area contributed by atoms with Crippen molar-refractivity contribution < 1.29 is 5.11 Å². The fourth-order valence-electron chi connectivity index (χ4n) is 4.43. The lowest BCUT2D eigenvalue weighted by Gasteiger charge is -2.35. The topological polar surface area (TPSA) is 32.6 Å². The first kappa shape index (κ1) is 21.0. The molecule has 4 rings (SSSR count). The number of para-hydroxylation sites is 1. The Balaban J connectivity index is 1.76. The van der Waals surface area contributed by atoms with Gasteiger partial charge < -0.3 is 5.11 Å². The van der Waals surface area contributed by atoms with Gasteiger partial charge in [-0.15, -0.1) is 0 Å². The number of allylic oxidation sites excluding steroid dienone is 2. The summed E-state index contributed by atoms with van der Waals surface area (Å²) < 4.78 is 0. The number of aliphatic imine (C=N–C) groups is 1. The molecule has 0 heterocycles. The van der Waals surface area contributed by atoms with Gasteiger partial charge in [0.15, 0.2) is 0 Å². The molecule has 0 bridgehead atoms. The van der Waals surface area contributed by atoms with Crippen molar-refractivity contribution in [2.24, 2.45) is 10.9 Å². The van der Waals surface area contributed by atoms with Crippen LogP contribution in [0.15, 0.2) is 108 Å². The highest BCUT2D eigenvalue weighted by atomic mass is 16.3. The molecule has 1 atom stereocenters. The average Bonchev–Trinajstić information content (AvgIpc) is 3.32. The van der Waals surface area contributed by atoms with E-state index in [1.54, 1.807) is 0 Å². The van der Waals surface area contributed by atoms with Crippen LogP contribution in [0.3, 0.4) is 0 Å². The van der Waals surface area contributed by atoms with Gasteiger partial charge in [-0.3, -0.25) is 4.99 Å². The largest absolute Gasteiger partial charge is 0.379 e. The monoisotopic (exact) mass is 407 g/mol. The van der Waals surface area contributed by atoms with Crippen molar-refractivity contribution in [1.82, 2.24) is 0 Å². The molecule has 2 heteroatoms. The van der Waals surface area contributed by atoms with E-state index in [1.165, 1.54) is 11.1 Å². The predicted octanol–water partition coefficient (Wildman–Crippen LogP) is 6.56. The van der Waals surface area contributed by atoms with Crippen molar-refractivity contribution in [3.8, 4) is 0 Å². The van der Waals surface area contributed by atoms with E-state index < -0.39 is 5.60 Å². The Bertz CT molecular complexity index is 1050. The van der Waals surface area contributed by atoms with Crippen LogP contribution >= 0.6 is 0 Å². The molecule has 31 heavy (non-hydrogen) atoms. The summed E-state index contributed by atoms with van der Waals surface area (Å²) in [5, 5.41) is 12.2. The van der Waals surface area contributed by atoms with Crippen molar-refractivity contribution in [3.63, 3.8) is 0 Å². The quantitative estimate of drug-likeness (QED) is 0.442. The summed E-state index contributed by atoms with van der Waals surface area (Å²) in [7, 11) is 0. The summed E-state index contributed by atoms with van der Waals surface area (Å²) in [5.41, 5.74) is 5.14. The molecule has 0 amide bonds. The second-order valence-corrected chi connectivity index (χ2v) is 7.92. The Morgan fingerprint density at radius 3 is 1.87 bits per heavy atom. The molecule has 0 radical (unpaired) electrons. The fourth-order valence-corrected chi connectivity index (χ4v) is 4.43. The maximum Gasteiger partial charge on any atom is 0.125 e. The van der Waals surface area contributed by atoms with Crippen molar-refractivity contribution in [1.29, 1.82) is 0 Å². The molecule has 1 aliphatic carbocycles. The smallest absolute Gasteiger partial charge is 0.125 e. The van der Waals surface area contributed by atoms with E-state index in [2.05, 4.69) is 44.2 Å². The van der Waals surface area contributed by atoms with Gasteiger partial charge in [0.1, 0.15) is 5.60 Å². The molecule has 0 fully saturated rings. The maximum atomic E-state index is 12.2. The first-order chi connectivity index (χ1) is 15.2. The van der Waals surface area contributed by atoms with Crippen molar-refractivity contribution >= 4 is 11.9 Å². The minimum absolute atomic E-state index is 0.222. The third-order valence-corrected chi connectivity index (χ3v) is 6.14. The van der Waals surface area contributed by atoms with Crippen LogP contribution in [0.4, 0.5) is 5.69 Å². The second-order valence-electron chi connectivity index (χ2n) is 7.92. The second kappa shape index (κ2) is 9.28. The molecular formula is C29H29NO. The molecule has 1 unspecified atom stereocenters. The number of aliphatic hydroxyl groups is 1. The highest BCUT2D eigenvalue weighted by Crippen LogP contribution is 2.43. The number of nitrogens with zero attached hydrogens (tertiary/aromatic N) is 1. The Kier molecular flexibility index (Phi) is 6.29. The number of hydrogen-bond donors (Lipinski definition) is 1. The lowest BCUT2D eigenvalue weighted by Crippen LogP contribution is -2.36. The van der Waals surface area contributed by atoms with Crippen LogP contribution in [0.1, 0.15) is 36.1 Å². The van der Waals surface area contributed by atoms with Gasteiger partial charge in [-0.05, 0) is 40.7 Å². The first-order valence-electron chi connectivity index (χ1n) is 11.0. The molecule has 0 spiro atoms. The van der Waals surface area contributed by atoms with Gasteiger partial charge in [-0.2, -0.15) is 0 Å². The highest BCUT2D eigenvalue weighted by Gasteiger charge is 2.41. The highest BCUT2D eigenvalue weighted by molar-refractivity contribution is 5.85. The van der Waals surface area contributed by atoms with E-state index in [-0.39, 0.29) is 5.92 Å². The minimum atomic E-state index is -1.18. The van der Waals surface area contributed by atoms with E-state index in [0.29, 0.717) is 0 Å². The molecule has 3 aromatic carbocycles. The molecule has 0 saturated carbocycles. The van der Waals surface area contributed by atoms with Gasteiger partial charge in [-0.25, -0.2) is 0 Å². The van der Waals surface area contributed by atoms with Crippen molar-refractivity contribution in [3.05, 3.63) is 125 Å². The lowest BCUT2D eigenvalue weighted by molar-refractivity contribution is 0.0529. The van der Waals surface area contributed by atoms with Crippen molar-refractivity contribution in [2.75, 3.05) is 0 Å². The van der Waals surface area contributed by atoms with Crippen LogP contribution in [0.25, 0.3) is 0 Å². The molecule has 0 saturated heterocycles. The van der Waals surface area contributed by atoms with Gasteiger partial charge in [-0.1, -0.05) is 111 Å². The normalized spacial score (nSPS) is 16.1. The molecule has 1 aliphatic rings. The van der Waals surface area contributed by atoms with Crippen LogP contribution in [0, 0.1) is 5.92 Å². The van der Waals surface area contributed by atoms with Crippen LogP contribution in [-0.2, 0) is 18.4 Å². The predicted molar refractivity (Wildman–Crippen MR) is 130 cm³/mol. The van der Waals surface area contributed by atoms with Crippen LogP contribution in [0.5, 0.6) is 0 Å². The third kappa shape index (κ3) is 4.04. The standard InChI is InChI=1S/C29H29NO/c1-3-22-13-11-14-23(4-2)28(22)30-21-24-15-12-20-27(24)29(31,25-16-7-5-8-17-25)26-18-9-6-10-19-26/h5-21,27,31H,3-4H2,1-2H3. The van der Waals surface area contributed by atoms with Crippen LogP contribution in [-0.4, -0.2) is 11.3 Å². The molecule has 2 nitrogen and oxygen atoms in total. The van der Waals surface area contributed by atoms with E-state index >= 15 is 0 Å². The molecule has 156 valence electrons. The zero-order chi connectivity index (χ0) is 21.7. The first-order valence-corrected chi connectivity index (χ1v) is 11.0. The zero-order valence-corrected chi connectivity index (χ0v) is 18.2. The minimum Gasteiger partial charge on any atom is -0.379 e. The van der Waals surface area contributed by atoms with Crippen LogP contribution < -0.4 is 0 Å². The number of rotatable bonds is 7. The van der Waals surface area contributed by atoms with E-state index in [0.717, 1.165) is 35.2 Å². The molecule has 0 aliphatic heterocycles. The number of benzene rings is 3. The SMILES string of the molecule is CCc1cccc(CC)c1N=CC1=CC=CC1C(O)(c1ccccc1)c1ccccc1. The Hall–Kier alpha value is -3.23. The van der Waals surface area contributed by atoms with E-state index in [9.17, 15) is 5.11 Å². The number of hydrogen-bond acceptors (Lipinski definition) is 2. The van der Waals surface area contributed by atoms with Gasteiger partial charge in [0, 0.05) is 12.1 Å². The van der Waals surface area contributed by atoms with Gasteiger partial charge >= 0.3 is 0 Å². The zero-order valence-electron chi connectivity index (χ0n) is 18.2. The summed E-state index contributed by atoms with van der Waals surface area (Å²) in [6.07, 6.45) is 9.99. The van der Waals surface area contributed by atoms with E-state index in [4.69, 9.17) is 4.99 Å².